The molecule has 1 aromatic carbocycles. The Balaban J connectivity index is 2.25. The van der Waals surface area contributed by atoms with Gasteiger partial charge in [0.05, 0.1) is 10.5 Å². The largest absolute Gasteiger partial charge is 0.319 e. The smallest absolute Gasteiger partial charge is 0.292 e. The Morgan fingerprint density at radius 2 is 2.16 bits per heavy atom. The predicted octanol–water partition coefficient (Wildman–Crippen LogP) is 1.97. The lowest BCUT2D eigenvalue weighted by atomic mass is 9.96. The van der Waals surface area contributed by atoms with E-state index < -0.39 is 10.5 Å². The standard InChI is InChI=1S/C13H17N3O3/c1-8-3-6-11(16(18)19)10(7-8)15-12(17)13(2,14)9-4-5-9/h3,6-7,9H,4-5,14H2,1-2H3,(H,15,17). The van der Waals surface area contributed by atoms with Crippen molar-refractivity contribution in [3.8, 4) is 0 Å². The van der Waals surface area contributed by atoms with E-state index in [0.717, 1.165) is 18.4 Å². The van der Waals surface area contributed by atoms with Gasteiger partial charge >= 0.3 is 0 Å². The number of rotatable bonds is 4. The van der Waals surface area contributed by atoms with Gasteiger partial charge in [-0.2, -0.15) is 0 Å². The van der Waals surface area contributed by atoms with Gasteiger partial charge in [0, 0.05) is 6.07 Å². The first-order chi connectivity index (χ1) is 8.82. The van der Waals surface area contributed by atoms with E-state index >= 15 is 0 Å². The highest BCUT2D eigenvalue weighted by atomic mass is 16.6. The van der Waals surface area contributed by atoms with Crippen molar-refractivity contribution in [3.05, 3.63) is 33.9 Å². The minimum Gasteiger partial charge on any atom is -0.319 e. The van der Waals surface area contributed by atoms with Gasteiger partial charge in [-0.3, -0.25) is 14.9 Å². The molecule has 2 rings (SSSR count). The van der Waals surface area contributed by atoms with Crippen LogP contribution in [-0.2, 0) is 4.79 Å². The first-order valence-corrected chi connectivity index (χ1v) is 6.17. The van der Waals surface area contributed by atoms with Crippen LogP contribution in [0.3, 0.4) is 0 Å². The number of aryl methyl sites for hydroxylation is 1. The van der Waals surface area contributed by atoms with Crippen molar-refractivity contribution in [1.82, 2.24) is 0 Å². The molecule has 102 valence electrons. The number of anilines is 1. The molecule has 1 aromatic rings. The van der Waals surface area contributed by atoms with E-state index in [1.54, 1.807) is 19.1 Å². The second-order valence-corrected chi connectivity index (χ2v) is 5.29. The van der Waals surface area contributed by atoms with Gasteiger partial charge in [0.1, 0.15) is 5.69 Å². The maximum atomic E-state index is 12.1. The Labute approximate surface area is 111 Å². The molecule has 1 amide bonds. The highest BCUT2D eigenvalue weighted by Gasteiger charge is 2.44. The zero-order valence-electron chi connectivity index (χ0n) is 11.0. The molecule has 1 aliphatic rings. The number of benzene rings is 1. The van der Waals surface area contributed by atoms with Crippen molar-refractivity contribution in [3.63, 3.8) is 0 Å². The fraction of sp³-hybridized carbons (Fsp3) is 0.462. The summed E-state index contributed by atoms with van der Waals surface area (Å²) in [6.45, 7) is 3.48. The second-order valence-electron chi connectivity index (χ2n) is 5.29. The Hall–Kier alpha value is -1.95. The Morgan fingerprint density at radius 1 is 1.53 bits per heavy atom. The van der Waals surface area contributed by atoms with Crippen molar-refractivity contribution in [1.29, 1.82) is 0 Å². The Bertz CT molecular complexity index is 536. The normalized spacial score (nSPS) is 17.6. The van der Waals surface area contributed by atoms with Crippen molar-refractivity contribution in [2.24, 2.45) is 11.7 Å². The third kappa shape index (κ3) is 2.73. The molecule has 0 saturated heterocycles. The van der Waals surface area contributed by atoms with E-state index in [2.05, 4.69) is 5.32 Å². The number of amides is 1. The average Bonchev–Trinajstić information content (AvgIpc) is 3.12. The van der Waals surface area contributed by atoms with E-state index in [1.165, 1.54) is 6.07 Å². The van der Waals surface area contributed by atoms with Gasteiger partial charge in [-0.15, -0.1) is 0 Å². The number of hydrogen-bond donors (Lipinski definition) is 2. The third-order valence-electron chi connectivity index (χ3n) is 3.51. The maximum absolute atomic E-state index is 12.1. The van der Waals surface area contributed by atoms with E-state index in [1.807, 2.05) is 6.92 Å². The van der Waals surface area contributed by atoms with Gasteiger partial charge in [0.15, 0.2) is 0 Å². The minimum absolute atomic E-state index is 0.120. The van der Waals surface area contributed by atoms with Gasteiger partial charge in [-0.25, -0.2) is 0 Å². The molecule has 1 atom stereocenters. The molecule has 6 nitrogen and oxygen atoms in total. The van der Waals surface area contributed by atoms with Crippen molar-refractivity contribution in [2.75, 3.05) is 5.32 Å². The third-order valence-corrected chi connectivity index (χ3v) is 3.51. The van der Waals surface area contributed by atoms with Crippen molar-refractivity contribution < 1.29 is 9.72 Å². The van der Waals surface area contributed by atoms with Crippen LogP contribution in [0.5, 0.6) is 0 Å². The topological polar surface area (TPSA) is 98.3 Å². The summed E-state index contributed by atoms with van der Waals surface area (Å²) in [5.74, 6) is -0.208. The molecule has 1 unspecified atom stereocenters. The molecule has 0 bridgehead atoms. The molecule has 0 spiro atoms. The van der Waals surface area contributed by atoms with Crippen LogP contribution >= 0.6 is 0 Å². The summed E-state index contributed by atoms with van der Waals surface area (Å²) in [6.07, 6.45) is 1.85. The highest BCUT2D eigenvalue weighted by Crippen LogP contribution is 2.39. The molecule has 0 heterocycles. The Morgan fingerprint density at radius 3 is 2.68 bits per heavy atom. The molecule has 0 radical (unpaired) electrons. The lowest BCUT2D eigenvalue weighted by molar-refractivity contribution is -0.383. The van der Waals surface area contributed by atoms with Gasteiger partial charge in [-0.05, 0) is 44.2 Å². The van der Waals surface area contributed by atoms with Gasteiger partial charge in [-0.1, -0.05) is 6.07 Å². The van der Waals surface area contributed by atoms with Crippen molar-refractivity contribution >= 4 is 17.3 Å². The van der Waals surface area contributed by atoms with Crippen LogP contribution in [0.25, 0.3) is 0 Å². The predicted molar refractivity (Wildman–Crippen MR) is 71.8 cm³/mol. The second kappa shape index (κ2) is 4.62. The summed E-state index contributed by atoms with van der Waals surface area (Å²) in [5.41, 5.74) is 5.94. The molecule has 3 N–H and O–H groups in total. The first-order valence-electron chi connectivity index (χ1n) is 6.17. The lowest BCUT2D eigenvalue weighted by Gasteiger charge is -2.23. The van der Waals surface area contributed by atoms with Crippen LogP contribution in [0, 0.1) is 23.0 Å². The number of nitrogens with one attached hydrogen (secondary N) is 1. The minimum atomic E-state index is -0.975. The molecule has 1 aliphatic carbocycles. The SMILES string of the molecule is Cc1ccc([N+](=O)[O-])c(NC(=O)C(C)(N)C2CC2)c1. The van der Waals surface area contributed by atoms with Crippen LogP contribution < -0.4 is 11.1 Å². The number of nitro benzene ring substituents is 1. The van der Waals surface area contributed by atoms with Crippen molar-refractivity contribution in [2.45, 2.75) is 32.2 Å². The number of carbonyl (C=O) groups is 1. The van der Waals surface area contributed by atoms with Crippen LogP contribution in [0.4, 0.5) is 11.4 Å². The fourth-order valence-electron chi connectivity index (χ4n) is 2.03. The number of carbonyl (C=O) groups excluding carboxylic acids is 1. The molecular weight excluding hydrogens is 246 g/mol. The van der Waals surface area contributed by atoms with Gasteiger partial charge in [0.25, 0.3) is 5.69 Å². The molecule has 19 heavy (non-hydrogen) atoms. The molecular formula is C13H17N3O3. The summed E-state index contributed by atoms with van der Waals surface area (Å²) in [7, 11) is 0. The zero-order chi connectivity index (χ0) is 14.2. The summed E-state index contributed by atoms with van der Waals surface area (Å²) in [6, 6.07) is 4.60. The zero-order valence-corrected chi connectivity index (χ0v) is 11.0. The molecule has 1 fully saturated rings. The molecule has 1 saturated carbocycles. The molecule has 0 aliphatic heterocycles. The van der Waals surface area contributed by atoms with E-state index in [9.17, 15) is 14.9 Å². The summed E-state index contributed by atoms with van der Waals surface area (Å²) >= 11 is 0. The Kier molecular flexibility index (Phi) is 3.28. The van der Waals surface area contributed by atoms with E-state index in [0.29, 0.717) is 0 Å². The quantitative estimate of drug-likeness (QED) is 0.640. The lowest BCUT2D eigenvalue weighted by Crippen LogP contribution is -2.50. The van der Waals surface area contributed by atoms with Gasteiger partial charge < -0.3 is 11.1 Å². The highest BCUT2D eigenvalue weighted by molar-refractivity contribution is 5.99. The monoisotopic (exact) mass is 263 g/mol. The van der Waals surface area contributed by atoms with Crippen LogP contribution in [0.1, 0.15) is 25.3 Å². The number of nitrogens with two attached hydrogens (primary N) is 1. The maximum Gasteiger partial charge on any atom is 0.292 e. The average molecular weight is 263 g/mol. The fourth-order valence-corrected chi connectivity index (χ4v) is 2.03. The summed E-state index contributed by atoms with van der Waals surface area (Å²) in [5, 5.41) is 13.5. The van der Waals surface area contributed by atoms with Crippen LogP contribution in [0.15, 0.2) is 18.2 Å². The van der Waals surface area contributed by atoms with Crippen LogP contribution in [0.2, 0.25) is 0 Å². The van der Waals surface area contributed by atoms with E-state index in [-0.39, 0.29) is 23.2 Å². The molecule has 0 aromatic heterocycles. The van der Waals surface area contributed by atoms with Crippen LogP contribution in [-0.4, -0.2) is 16.4 Å². The summed E-state index contributed by atoms with van der Waals surface area (Å²) < 4.78 is 0. The number of nitrogens with zero attached hydrogens (tertiary/aromatic N) is 1. The first kappa shape index (κ1) is 13.5. The number of nitro groups is 1. The van der Waals surface area contributed by atoms with E-state index in [4.69, 9.17) is 5.73 Å². The molecule has 6 heteroatoms. The summed E-state index contributed by atoms with van der Waals surface area (Å²) in [4.78, 5) is 22.6. The van der Waals surface area contributed by atoms with Gasteiger partial charge in [0.2, 0.25) is 5.91 Å². The number of hydrogen-bond acceptors (Lipinski definition) is 4.